The number of aromatic nitrogens is 4. The number of hydroxylamine groups is 2. The highest BCUT2D eigenvalue weighted by Gasteiger charge is 2.37. The molecule has 0 spiro atoms. The molecule has 6 rings (SSSR count). The monoisotopic (exact) mass is 629 g/mol. The summed E-state index contributed by atoms with van der Waals surface area (Å²) in [5, 5.41) is 12.5. The van der Waals surface area contributed by atoms with E-state index in [1.54, 1.807) is 35.2 Å². The Hall–Kier alpha value is -4.72. The number of carbonyl (C=O) groups is 2. The first kappa shape index (κ1) is 31.3. The number of para-hydroxylation sites is 1. The van der Waals surface area contributed by atoms with E-state index < -0.39 is 24.1 Å². The summed E-state index contributed by atoms with van der Waals surface area (Å²) in [6, 6.07) is 13.1. The number of hydrogen-bond acceptors (Lipinski definition) is 9. The maximum atomic E-state index is 14.0. The van der Waals surface area contributed by atoms with Crippen molar-refractivity contribution in [1.82, 2.24) is 30.1 Å². The van der Waals surface area contributed by atoms with Gasteiger partial charge in [0.2, 0.25) is 5.95 Å². The Morgan fingerprint density at radius 3 is 2.63 bits per heavy atom. The Bertz CT molecular complexity index is 1710. The molecule has 4 heterocycles. The summed E-state index contributed by atoms with van der Waals surface area (Å²) < 4.78 is 26.4. The van der Waals surface area contributed by atoms with Crippen LogP contribution in [-0.2, 0) is 9.57 Å². The number of anilines is 1. The van der Waals surface area contributed by atoms with Crippen molar-refractivity contribution in [2.24, 2.45) is 5.92 Å². The molecule has 2 amide bonds. The number of nitrogens with one attached hydrogen (secondary N) is 2. The maximum absolute atomic E-state index is 14.0. The minimum atomic E-state index is -0.643. The zero-order chi connectivity index (χ0) is 32.2. The zero-order valence-corrected chi connectivity index (χ0v) is 25.9. The van der Waals surface area contributed by atoms with Crippen LogP contribution in [0.15, 0.2) is 60.9 Å². The molecule has 46 heavy (non-hydrogen) atoms. The van der Waals surface area contributed by atoms with Gasteiger partial charge in [-0.3, -0.25) is 14.9 Å². The Morgan fingerprint density at radius 2 is 1.91 bits per heavy atom. The number of halogens is 1. The number of hydrogen-bond donors (Lipinski definition) is 2. The number of Topliss-reactive ketones (excluding diaryl/α,β-unsaturated/α-hetero) is 1. The smallest absolute Gasteiger partial charge is 0.320 e. The average molecular weight is 630 g/mol. The van der Waals surface area contributed by atoms with Crippen LogP contribution in [0.1, 0.15) is 47.0 Å². The van der Waals surface area contributed by atoms with Crippen LogP contribution in [0.5, 0.6) is 5.75 Å². The van der Waals surface area contributed by atoms with Crippen molar-refractivity contribution < 1.29 is 28.3 Å². The normalized spacial score (nSPS) is 18.0. The zero-order valence-electron chi connectivity index (χ0n) is 25.9. The summed E-state index contributed by atoms with van der Waals surface area (Å²) >= 11 is 0. The second-order valence-corrected chi connectivity index (χ2v) is 11.4. The topological polar surface area (TPSA) is 133 Å². The van der Waals surface area contributed by atoms with E-state index in [2.05, 4.69) is 20.6 Å². The SMILES string of the molecule is COCCN1C[C@@H](NC(=O)Nc2c(C)c(-c3cnc(C(=O)CC4CC4)c(OC)c3)nn2-c2ccccc2)[C@H](c2ccnc(F)c2)O1. The van der Waals surface area contributed by atoms with Gasteiger partial charge in [0.1, 0.15) is 23.4 Å². The number of amides is 2. The Morgan fingerprint density at radius 1 is 1.11 bits per heavy atom. The predicted molar refractivity (Wildman–Crippen MR) is 167 cm³/mol. The molecule has 1 aliphatic heterocycles. The van der Waals surface area contributed by atoms with Crippen LogP contribution in [-0.4, -0.2) is 76.6 Å². The average Bonchev–Trinajstić information content (AvgIpc) is 3.70. The van der Waals surface area contributed by atoms with Crippen LogP contribution in [0, 0.1) is 18.8 Å². The lowest BCUT2D eigenvalue weighted by molar-refractivity contribution is -0.154. The third-order valence-electron chi connectivity index (χ3n) is 8.10. The number of rotatable bonds is 12. The van der Waals surface area contributed by atoms with Gasteiger partial charge in [-0.05, 0) is 61.6 Å². The lowest BCUT2D eigenvalue weighted by atomic mass is 10.0. The van der Waals surface area contributed by atoms with Gasteiger partial charge in [0.15, 0.2) is 5.78 Å². The first-order chi connectivity index (χ1) is 22.3. The van der Waals surface area contributed by atoms with Crippen LogP contribution in [0.3, 0.4) is 0 Å². The lowest BCUT2D eigenvalue weighted by Crippen LogP contribution is -2.42. The highest BCUT2D eigenvalue weighted by atomic mass is 19.1. The summed E-state index contributed by atoms with van der Waals surface area (Å²) in [6.45, 7) is 3.09. The number of nitrogens with zero attached hydrogens (tertiary/aromatic N) is 5. The van der Waals surface area contributed by atoms with Crippen molar-refractivity contribution in [2.45, 2.75) is 38.3 Å². The maximum Gasteiger partial charge on any atom is 0.320 e. The molecule has 2 atom stereocenters. The summed E-state index contributed by atoms with van der Waals surface area (Å²) in [5.74, 6) is 0.560. The van der Waals surface area contributed by atoms with E-state index in [9.17, 15) is 14.0 Å². The van der Waals surface area contributed by atoms with E-state index in [-0.39, 0.29) is 5.78 Å². The van der Waals surface area contributed by atoms with Gasteiger partial charge >= 0.3 is 6.03 Å². The van der Waals surface area contributed by atoms with Crippen LogP contribution >= 0.6 is 0 Å². The highest BCUT2D eigenvalue weighted by molar-refractivity contribution is 5.97. The van der Waals surface area contributed by atoms with Crippen LogP contribution < -0.4 is 15.4 Å². The van der Waals surface area contributed by atoms with Crippen molar-refractivity contribution in [1.29, 1.82) is 0 Å². The van der Waals surface area contributed by atoms with Crippen LogP contribution in [0.25, 0.3) is 16.9 Å². The van der Waals surface area contributed by atoms with Crippen molar-refractivity contribution in [3.05, 3.63) is 83.7 Å². The van der Waals surface area contributed by atoms with E-state index in [1.165, 1.54) is 19.4 Å². The van der Waals surface area contributed by atoms with Crippen molar-refractivity contribution in [3.8, 4) is 22.7 Å². The van der Waals surface area contributed by atoms with Crippen molar-refractivity contribution >= 4 is 17.6 Å². The molecule has 2 fully saturated rings. The molecule has 0 unspecified atom stereocenters. The second-order valence-electron chi connectivity index (χ2n) is 11.4. The molecule has 2 N–H and O–H groups in total. The molecule has 1 saturated heterocycles. The number of benzene rings is 1. The van der Waals surface area contributed by atoms with Gasteiger partial charge in [-0.2, -0.15) is 14.6 Å². The second kappa shape index (κ2) is 13.7. The van der Waals surface area contributed by atoms with Crippen molar-refractivity contribution in [2.75, 3.05) is 39.2 Å². The fourth-order valence-electron chi connectivity index (χ4n) is 5.54. The van der Waals surface area contributed by atoms with Crippen molar-refractivity contribution in [3.63, 3.8) is 0 Å². The van der Waals surface area contributed by atoms with Gasteiger partial charge in [0.25, 0.3) is 0 Å². The number of ether oxygens (including phenoxy) is 2. The van der Waals surface area contributed by atoms with Crippen LogP contribution in [0.2, 0.25) is 0 Å². The molecule has 1 aliphatic carbocycles. The van der Waals surface area contributed by atoms with E-state index in [0.29, 0.717) is 71.7 Å². The van der Waals surface area contributed by atoms with E-state index in [4.69, 9.17) is 19.4 Å². The minimum Gasteiger partial charge on any atom is -0.494 e. The minimum absolute atomic E-state index is 0.0408. The molecule has 1 aromatic carbocycles. The number of pyridine rings is 2. The third-order valence-corrected chi connectivity index (χ3v) is 8.10. The Balaban J connectivity index is 1.28. The first-order valence-electron chi connectivity index (χ1n) is 15.2. The Kier molecular flexibility index (Phi) is 9.33. The molecule has 1 saturated carbocycles. The number of methoxy groups -OCH3 is 2. The molecule has 3 aromatic heterocycles. The fourth-order valence-corrected chi connectivity index (χ4v) is 5.54. The standard InChI is InChI=1S/C33H36FN7O5/c1-20-29(23-16-27(45-3)30(36-18-23)26(42)15-21-9-10-21)39-41(24-7-5-4-6-8-24)32(20)38-33(43)37-25-19-40(13-14-44-2)46-31(25)22-11-12-35-28(34)17-22/h4-8,11-12,16-18,21,25,31H,9-10,13-15,19H2,1-3H3,(H2,37,38,43)/t25-,31+/m1/s1. The molecular formula is C33H36FN7O5. The summed E-state index contributed by atoms with van der Waals surface area (Å²) in [4.78, 5) is 40.6. The van der Waals surface area contributed by atoms with Gasteiger partial charge in [-0.15, -0.1) is 0 Å². The van der Waals surface area contributed by atoms with Gasteiger partial charge in [-0.1, -0.05) is 18.2 Å². The van der Waals surface area contributed by atoms with Gasteiger partial charge < -0.3 is 14.8 Å². The molecule has 0 bridgehead atoms. The molecule has 4 aromatic rings. The van der Waals surface area contributed by atoms with E-state index >= 15 is 0 Å². The van der Waals surface area contributed by atoms with Crippen LogP contribution in [0.4, 0.5) is 15.0 Å². The first-order valence-corrected chi connectivity index (χ1v) is 15.2. The quantitative estimate of drug-likeness (QED) is 0.166. The lowest BCUT2D eigenvalue weighted by Gasteiger charge is -2.19. The van der Waals surface area contributed by atoms with Gasteiger partial charge in [0, 0.05) is 50.1 Å². The Labute approximate surface area is 265 Å². The summed E-state index contributed by atoms with van der Waals surface area (Å²) in [6.07, 6.45) is 4.92. The molecular weight excluding hydrogens is 593 g/mol. The third kappa shape index (κ3) is 6.91. The number of ketones is 1. The number of urea groups is 1. The summed E-state index contributed by atoms with van der Waals surface area (Å²) in [7, 11) is 3.11. The van der Waals surface area contributed by atoms with E-state index in [0.717, 1.165) is 18.5 Å². The molecule has 0 radical (unpaired) electrons. The summed E-state index contributed by atoms with van der Waals surface area (Å²) in [5.41, 5.74) is 3.45. The molecule has 2 aliphatic rings. The van der Waals surface area contributed by atoms with Gasteiger partial charge in [0.05, 0.1) is 31.1 Å². The largest absolute Gasteiger partial charge is 0.494 e. The number of carbonyl (C=O) groups excluding carboxylic acids is 2. The molecule has 240 valence electrons. The fraction of sp³-hybridized carbons (Fsp3) is 0.364. The molecule has 13 heteroatoms. The predicted octanol–water partition coefficient (Wildman–Crippen LogP) is 4.89. The highest BCUT2D eigenvalue weighted by Crippen LogP contribution is 2.36. The van der Waals surface area contributed by atoms with E-state index in [1.807, 2.05) is 37.3 Å². The van der Waals surface area contributed by atoms with Gasteiger partial charge in [-0.25, -0.2) is 19.4 Å². The molecule has 12 nitrogen and oxygen atoms in total.